The molecule has 0 aliphatic carbocycles. The van der Waals surface area contributed by atoms with Crippen LogP contribution in [0.25, 0.3) is 0 Å². The molecule has 21 heavy (non-hydrogen) atoms. The fourth-order valence-corrected chi connectivity index (χ4v) is 3.03. The van der Waals surface area contributed by atoms with E-state index < -0.39 is 5.97 Å². The topological polar surface area (TPSA) is 78.4 Å². The number of aromatic carboxylic acids is 1. The van der Waals surface area contributed by atoms with Gasteiger partial charge in [-0.25, -0.2) is 4.79 Å². The molecule has 114 valence electrons. The van der Waals surface area contributed by atoms with Crippen LogP contribution in [-0.2, 0) is 4.79 Å². The van der Waals surface area contributed by atoms with Crippen molar-refractivity contribution in [3.8, 4) is 0 Å². The van der Waals surface area contributed by atoms with Gasteiger partial charge < -0.3 is 15.7 Å². The number of anilines is 1. The number of rotatable bonds is 5. The maximum absolute atomic E-state index is 12.5. The van der Waals surface area contributed by atoms with Gasteiger partial charge in [-0.05, 0) is 37.6 Å². The van der Waals surface area contributed by atoms with Crippen LogP contribution < -0.4 is 10.6 Å². The first kappa shape index (κ1) is 15.8. The molecule has 1 aliphatic rings. The molecule has 0 bridgehead atoms. The lowest BCUT2D eigenvalue weighted by Gasteiger charge is -2.26. The van der Waals surface area contributed by atoms with Crippen LogP contribution in [0.5, 0.6) is 0 Å². The summed E-state index contributed by atoms with van der Waals surface area (Å²) < 4.78 is 0. The van der Waals surface area contributed by atoms with Crippen LogP contribution in [-0.4, -0.2) is 30.1 Å². The molecule has 5 nitrogen and oxygen atoms in total. The second-order valence-corrected chi connectivity index (χ2v) is 5.82. The van der Waals surface area contributed by atoms with Crippen LogP contribution in [0.15, 0.2) is 18.2 Å². The van der Waals surface area contributed by atoms with Gasteiger partial charge in [0.2, 0.25) is 5.91 Å². The van der Waals surface area contributed by atoms with Gasteiger partial charge in [0.25, 0.3) is 0 Å². The highest BCUT2D eigenvalue weighted by Gasteiger charge is 2.40. The number of carboxylic acids is 1. The van der Waals surface area contributed by atoms with Crippen molar-refractivity contribution in [3.05, 3.63) is 28.8 Å². The Morgan fingerprint density at radius 1 is 1.48 bits per heavy atom. The number of halogens is 1. The minimum absolute atomic E-state index is 0.0282. The maximum atomic E-state index is 12.5. The van der Waals surface area contributed by atoms with Crippen molar-refractivity contribution >= 4 is 29.2 Å². The van der Waals surface area contributed by atoms with Crippen molar-refractivity contribution in [3.63, 3.8) is 0 Å². The summed E-state index contributed by atoms with van der Waals surface area (Å²) in [6.07, 6.45) is 2.58. The smallest absolute Gasteiger partial charge is 0.337 e. The van der Waals surface area contributed by atoms with Crippen molar-refractivity contribution in [2.24, 2.45) is 5.41 Å². The maximum Gasteiger partial charge on any atom is 0.337 e. The molecule has 1 saturated heterocycles. The highest BCUT2D eigenvalue weighted by Crippen LogP contribution is 2.33. The van der Waals surface area contributed by atoms with Crippen LogP contribution in [0.4, 0.5) is 5.69 Å². The average molecular weight is 311 g/mol. The van der Waals surface area contributed by atoms with Crippen molar-refractivity contribution in [2.45, 2.75) is 26.2 Å². The van der Waals surface area contributed by atoms with E-state index in [4.69, 9.17) is 16.7 Å². The molecule has 1 heterocycles. The van der Waals surface area contributed by atoms with E-state index in [1.807, 2.05) is 0 Å². The molecule has 3 N–H and O–H groups in total. The highest BCUT2D eigenvalue weighted by molar-refractivity contribution is 6.33. The fraction of sp³-hybridized carbons (Fsp3) is 0.467. The summed E-state index contributed by atoms with van der Waals surface area (Å²) in [5, 5.41) is 15.2. The summed E-state index contributed by atoms with van der Waals surface area (Å²) in [5.74, 6) is -1.12. The molecular formula is C15H19ClN2O3. The number of carbonyl (C=O) groups excluding carboxylic acids is 1. The number of hydrogen-bond acceptors (Lipinski definition) is 3. The molecule has 2 rings (SSSR count). The molecule has 1 fully saturated rings. The molecule has 1 aromatic carbocycles. The number of benzene rings is 1. The Morgan fingerprint density at radius 2 is 2.24 bits per heavy atom. The Labute approximate surface area is 128 Å². The van der Waals surface area contributed by atoms with E-state index in [0.29, 0.717) is 12.2 Å². The quantitative estimate of drug-likeness (QED) is 0.781. The van der Waals surface area contributed by atoms with E-state index in [2.05, 4.69) is 17.6 Å². The van der Waals surface area contributed by atoms with Gasteiger partial charge >= 0.3 is 5.97 Å². The van der Waals surface area contributed by atoms with Gasteiger partial charge in [0.1, 0.15) is 0 Å². The molecule has 0 radical (unpaired) electrons. The SMILES string of the molecule is CCCC1(C(=O)Nc2ccc(C(=O)O)c(Cl)c2)CCNC1. The standard InChI is InChI=1S/C15H19ClN2O3/c1-2-5-15(6-7-17-9-15)14(21)18-10-3-4-11(13(19)20)12(16)8-10/h3-4,8,17H,2,5-7,9H2,1H3,(H,18,21)(H,19,20). The predicted octanol–water partition coefficient (Wildman–Crippen LogP) is 2.76. The zero-order chi connectivity index (χ0) is 15.5. The van der Waals surface area contributed by atoms with Crippen LogP contribution in [0, 0.1) is 5.41 Å². The largest absolute Gasteiger partial charge is 0.478 e. The Kier molecular flexibility index (Phi) is 4.85. The van der Waals surface area contributed by atoms with Gasteiger partial charge in [0, 0.05) is 12.2 Å². The van der Waals surface area contributed by atoms with Gasteiger partial charge in [-0.15, -0.1) is 0 Å². The summed E-state index contributed by atoms with van der Waals surface area (Å²) >= 11 is 5.92. The van der Waals surface area contributed by atoms with E-state index in [0.717, 1.165) is 25.8 Å². The lowest BCUT2D eigenvalue weighted by Crippen LogP contribution is -2.38. The molecule has 0 saturated carbocycles. The lowest BCUT2D eigenvalue weighted by molar-refractivity contribution is -0.125. The molecule has 1 unspecified atom stereocenters. The van der Waals surface area contributed by atoms with Gasteiger partial charge in [0.05, 0.1) is 16.0 Å². The van der Waals surface area contributed by atoms with Crippen molar-refractivity contribution in [1.82, 2.24) is 5.32 Å². The van der Waals surface area contributed by atoms with E-state index in [9.17, 15) is 9.59 Å². The predicted molar refractivity (Wildman–Crippen MR) is 81.9 cm³/mol. The number of carboxylic acid groups (broad SMARTS) is 1. The van der Waals surface area contributed by atoms with E-state index >= 15 is 0 Å². The first-order valence-corrected chi connectivity index (χ1v) is 7.41. The first-order valence-electron chi connectivity index (χ1n) is 7.03. The molecule has 0 aromatic heterocycles. The number of hydrogen-bond donors (Lipinski definition) is 3. The van der Waals surface area contributed by atoms with Crippen LogP contribution in [0.3, 0.4) is 0 Å². The summed E-state index contributed by atoms with van der Waals surface area (Å²) in [5.41, 5.74) is 0.171. The normalized spacial score (nSPS) is 21.2. The first-order chi connectivity index (χ1) is 9.98. The molecule has 1 atom stereocenters. The average Bonchev–Trinajstić information content (AvgIpc) is 2.88. The molecule has 0 spiro atoms. The monoisotopic (exact) mass is 310 g/mol. The van der Waals surface area contributed by atoms with Crippen molar-refractivity contribution in [1.29, 1.82) is 0 Å². The lowest BCUT2D eigenvalue weighted by atomic mass is 9.81. The van der Waals surface area contributed by atoms with Crippen molar-refractivity contribution in [2.75, 3.05) is 18.4 Å². The van der Waals surface area contributed by atoms with Crippen molar-refractivity contribution < 1.29 is 14.7 Å². The Morgan fingerprint density at radius 3 is 2.76 bits per heavy atom. The van der Waals surface area contributed by atoms with Crippen LogP contribution >= 0.6 is 11.6 Å². The van der Waals surface area contributed by atoms with Crippen LogP contribution in [0.1, 0.15) is 36.5 Å². The van der Waals surface area contributed by atoms with Gasteiger partial charge in [0.15, 0.2) is 0 Å². The second-order valence-electron chi connectivity index (χ2n) is 5.41. The molecule has 1 aliphatic heterocycles. The summed E-state index contributed by atoms with van der Waals surface area (Å²) in [7, 11) is 0. The van der Waals surface area contributed by atoms with Gasteiger partial charge in [-0.1, -0.05) is 24.9 Å². The van der Waals surface area contributed by atoms with E-state index in [1.54, 1.807) is 6.07 Å². The third-order valence-electron chi connectivity index (χ3n) is 3.91. The molecular weight excluding hydrogens is 292 g/mol. The fourth-order valence-electron chi connectivity index (χ4n) is 2.77. The van der Waals surface area contributed by atoms with Crippen LogP contribution in [0.2, 0.25) is 5.02 Å². The van der Waals surface area contributed by atoms with E-state index in [-0.39, 0.29) is 21.9 Å². The summed E-state index contributed by atoms with van der Waals surface area (Å²) in [6.45, 7) is 3.58. The third-order valence-corrected chi connectivity index (χ3v) is 4.22. The third kappa shape index (κ3) is 3.36. The number of amides is 1. The zero-order valence-electron chi connectivity index (χ0n) is 11.9. The Bertz CT molecular complexity index is 554. The minimum atomic E-state index is -1.08. The second kappa shape index (κ2) is 6.45. The molecule has 1 aromatic rings. The highest BCUT2D eigenvalue weighted by atomic mass is 35.5. The number of carbonyl (C=O) groups is 2. The van der Waals surface area contributed by atoms with E-state index in [1.165, 1.54) is 12.1 Å². The minimum Gasteiger partial charge on any atom is -0.478 e. The summed E-state index contributed by atoms with van der Waals surface area (Å²) in [4.78, 5) is 23.5. The Balaban J connectivity index is 2.15. The molecule has 6 heteroatoms. The Hall–Kier alpha value is -1.59. The van der Waals surface area contributed by atoms with Gasteiger partial charge in [-0.2, -0.15) is 0 Å². The zero-order valence-corrected chi connectivity index (χ0v) is 12.7. The summed E-state index contributed by atoms with van der Waals surface area (Å²) in [6, 6.07) is 4.44. The molecule has 1 amide bonds. The number of nitrogens with one attached hydrogen (secondary N) is 2. The van der Waals surface area contributed by atoms with Gasteiger partial charge in [-0.3, -0.25) is 4.79 Å².